The van der Waals surface area contributed by atoms with E-state index in [1.54, 1.807) is 4.90 Å². The molecule has 11 nitrogen and oxygen atoms in total. The number of hydrogen-bond donors (Lipinski definition) is 1. The van der Waals surface area contributed by atoms with E-state index in [-0.39, 0.29) is 24.4 Å². The lowest BCUT2D eigenvalue weighted by atomic mass is 9.82. The van der Waals surface area contributed by atoms with E-state index in [1.165, 1.54) is 12.8 Å². The molecular formula is C38H51N5O6. The Bertz CT molecular complexity index is 1510. The minimum atomic E-state index is -0.949. The number of nitrogens with zero attached hydrogens (tertiary/aromatic N) is 4. The van der Waals surface area contributed by atoms with Gasteiger partial charge in [-0.3, -0.25) is 4.79 Å². The van der Waals surface area contributed by atoms with Crippen molar-refractivity contribution in [2.45, 2.75) is 83.4 Å². The van der Waals surface area contributed by atoms with Gasteiger partial charge in [-0.1, -0.05) is 38.1 Å². The Hall–Kier alpha value is -3.99. The van der Waals surface area contributed by atoms with Gasteiger partial charge in [-0.15, -0.1) is 0 Å². The van der Waals surface area contributed by atoms with Gasteiger partial charge in [-0.2, -0.15) is 0 Å². The fourth-order valence-electron chi connectivity index (χ4n) is 8.05. The molecule has 0 unspecified atom stereocenters. The molecule has 4 amide bonds. The highest BCUT2D eigenvalue weighted by atomic mass is 16.6. The molecule has 11 heteroatoms. The van der Waals surface area contributed by atoms with Gasteiger partial charge in [-0.25, -0.2) is 9.59 Å². The average molecular weight is 674 g/mol. The molecule has 0 saturated carbocycles. The van der Waals surface area contributed by atoms with Crippen molar-refractivity contribution in [1.29, 1.82) is 0 Å². The van der Waals surface area contributed by atoms with E-state index in [2.05, 4.69) is 30.1 Å². The molecule has 0 bridgehead atoms. The summed E-state index contributed by atoms with van der Waals surface area (Å²) >= 11 is 0. The van der Waals surface area contributed by atoms with E-state index >= 15 is 0 Å². The predicted molar refractivity (Wildman–Crippen MR) is 186 cm³/mol. The zero-order valence-corrected chi connectivity index (χ0v) is 29.0. The molecule has 0 radical (unpaired) electrons. The first-order valence-electron chi connectivity index (χ1n) is 18.2. The second kappa shape index (κ2) is 14.5. The molecule has 0 aromatic heterocycles. The molecule has 2 aromatic rings. The standard InChI is InChI=1S/C38H51N5O6/c1-38(2)14-21-40(22-15-38)29-10-16-41(17-11-29)35(44)34(26-27-7-8-32-33(25-27)48-24-23-47-32)49-37(46)42-18-12-30(13-19-42)43-20-9-28-5-3-4-6-31(28)39-36(43)45/h3-8,25,29-30,34H,9-24,26H2,1-2H3,(H,39,45)/t34-/m1/s1. The van der Waals surface area contributed by atoms with Crippen LogP contribution in [0, 0.1) is 5.41 Å². The normalized spacial score (nSPS) is 22.5. The van der Waals surface area contributed by atoms with Crippen molar-refractivity contribution in [3.63, 3.8) is 0 Å². The average Bonchev–Trinajstić information content (AvgIpc) is 3.29. The zero-order chi connectivity index (χ0) is 34.0. The molecule has 49 heavy (non-hydrogen) atoms. The third kappa shape index (κ3) is 7.77. The molecule has 3 saturated heterocycles. The fourth-order valence-corrected chi connectivity index (χ4v) is 8.05. The monoisotopic (exact) mass is 673 g/mol. The van der Waals surface area contributed by atoms with Crippen LogP contribution in [0.15, 0.2) is 42.5 Å². The topological polar surface area (TPSA) is 104 Å². The number of rotatable bonds is 6. The van der Waals surface area contributed by atoms with Crippen molar-refractivity contribution in [3.05, 3.63) is 53.6 Å². The van der Waals surface area contributed by atoms with Gasteiger partial charge in [0.25, 0.3) is 5.91 Å². The van der Waals surface area contributed by atoms with Gasteiger partial charge in [0.15, 0.2) is 17.6 Å². The maximum atomic E-state index is 14.1. The number of fused-ring (bicyclic) bond motifs is 2. The number of hydrogen-bond acceptors (Lipinski definition) is 7. The summed E-state index contributed by atoms with van der Waals surface area (Å²) in [5.41, 5.74) is 3.26. The number of anilines is 1. The highest BCUT2D eigenvalue weighted by molar-refractivity contribution is 5.91. The van der Waals surface area contributed by atoms with Gasteiger partial charge in [0.05, 0.1) is 0 Å². The Morgan fingerprint density at radius 2 is 1.53 bits per heavy atom. The number of urea groups is 1. The van der Waals surface area contributed by atoms with Crippen LogP contribution < -0.4 is 14.8 Å². The van der Waals surface area contributed by atoms with Crippen molar-refractivity contribution in [3.8, 4) is 11.5 Å². The summed E-state index contributed by atoms with van der Waals surface area (Å²) in [7, 11) is 0. The molecule has 264 valence electrons. The summed E-state index contributed by atoms with van der Waals surface area (Å²) < 4.78 is 17.6. The van der Waals surface area contributed by atoms with E-state index < -0.39 is 12.2 Å². The molecule has 5 aliphatic heterocycles. The van der Waals surface area contributed by atoms with Crippen LogP contribution in [-0.2, 0) is 22.4 Å². The summed E-state index contributed by atoms with van der Waals surface area (Å²) in [4.78, 5) is 49.0. The summed E-state index contributed by atoms with van der Waals surface area (Å²) in [5, 5.41) is 3.06. The molecule has 1 atom stereocenters. The van der Waals surface area contributed by atoms with Gasteiger partial charge in [0.2, 0.25) is 0 Å². The minimum Gasteiger partial charge on any atom is -0.486 e. The molecule has 0 spiro atoms. The maximum Gasteiger partial charge on any atom is 0.410 e. The first kappa shape index (κ1) is 33.5. The number of carbonyl (C=O) groups is 3. The molecule has 2 aromatic carbocycles. The summed E-state index contributed by atoms with van der Waals surface area (Å²) in [5.74, 6) is 1.19. The van der Waals surface area contributed by atoms with Crippen molar-refractivity contribution in [2.75, 3.05) is 64.3 Å². The zero-order valence-electron chi connectivity index (χ0n) is 29.0. The Morgan fingerprint density at radius 1 is 0.857 bits per heavy atom. The Labute approximate surface area is 289 Å². The first-order chi connectivity index (χ1) is 23.7. The van der Waals surface area contributed by atoms with Crippen LogP contribution in [0.5, 0.6) is 11.5 Å². The number of piperidine rings is 3. The van der Waals surface area contributed by atoms with Gasteiger partial charge in [0.1, 0.15) is 13.2 Å². The van der Waals surface area contributed by atoms with Gasteiger partial charge >= 0.3 is 12.1 Å². The van der Waals surface area contributed by atoms with E-state index in [0.717, 1.165) is 49.2 Å². The van der Waals surface area contributed by atoms with Gasteiger partial charge < -0.3 is 39.1 Å². The second-order valence-corrected chi connectivity index (χ2v) is 15.1. The molecule has 5 heterocycles. The van der Waals surface area contributed by atoms with Crippen LogP contribution in [0.3, 0.4) is 0 Å². The fraction of sp³-hybridized carbons (Fsp3) is 0.605. The third-order valence-electron chi connectivity index (χ3n) is 11.3. The largest absolute Gasteiger partial charge is 0.486 e. The van der Waals surface area contributed by atoms with Gasteiger partial charge in [0, 0.05) is 56.9 Å². The number of nitrogens with one attached hydrogen (secondary N) is 1. The third-order valence-corrected chi connectivity index (χ3v) is 11.3. The summed E-state index contributed by atoms with van der Waals surface area (Å²) in [6.45, 7) is 10.8. The second-order valence-electron chi connectivity index (χ2n) is 15.1. The number of benzene rings is 2. The van der Waals surface area contributed by atoms with Crippen LogP contribution in [-0.4, -0.2) is 115 Å². The number of carbonyl (C=O) groups excluding carboxylic acids is 3. The lowest BCUT2D eigenvalue weighted by Gasteiger charge is -2.44. The molecular weight excluding hydrogens is 622 g/mol. The van der Waals surface area contributed by atoms with Crippen LogP contribution in [0.1, 0.15) is 63.5 Å². The SMILES string of the molecule is CC1(C)CCN(C2CCN(C(=O)[C@@H](Cc3ccc4c(c3)OCCO4)OC(=O)N3CCC(N4CCc5ccccc5NC4=O)CC3)CC2)CC1. The van der Waals surface area contributed by atoms with Crippen molar-refractivity contribution in [2.24, 2.45) is 5.41 Å². The number of amides is 4. The van der Waals surface area contributed by atoms with E-state index in [1.807, 2.05) is 46.2 Å². The Kier molecular flexibility index (Phi) is 9.89. The quantitative estimate of drug-likeness (QED) is 0.451. The number of ether oxygens (including phenoxy) is 3. The molecule has 1 N–H and O–H groups in total. The molecule has 3 fully saturated rings. The van der Waals surface area contributed by atoms with E-state index in [4.69, 9.17) is 14.2 Å². The molecule has 0 aliphatic carbocycles. The van der Waals surface area contributed by atoms with Crippen LogP contribution >= 0.6 is 0 Å². The van der Waals surface area contributed by atoms with E-state index in [9.17, 15) is 14.4 Å². The van der Waals surface area contributed by atoms with Crippen molar-refractivity contribution >= 4 is 23.7 Å². The summed E-state index contributed by atoms with van der Waals surface area (Å²) in [6, 6.07) is 14.0. The Balaban J connectivity index is 0.980. The van der Waals surface area contributed by atoms with E-state index in [0.29, 0.717) is 81.7 Å². The maximum absolute atomic E-state index is 14.1. The first-order valence-corrected chi connectivity index (χ1v) is 18.2. The smallest absolute Gasteiger partial charge is 0.410 e. The lowest BCUT2D eigenvalue weighted by molar-refractivity contribution is -0.142. The predicted octanol–water partition coefficient (Wildman–Crippen LogP) is 5.17. The minimum absolute atomic E-state index is 0.0285. The van der Waals surface area contributed by atoms with Crippen molar-refractivity contribution in [1.82, 2.24) is 19.6 Å². The lowest BCUT2D eigenvalue weighted by Crippen LogP contribution is -2.53. The highest BCUT2D eigenvalue weighted by Gasteiger charge is 2.37. The van der Waals surface area contributed by atoms with Crippen LogP contribution in [0.4, 0.5) is 15.3 Å². The van der Waals surface area contributed by atoms with Crippen LogP contribution in [0.25, 0.3) is 0 Å². The highest BCUT2D eigenvalue weighted by Crippen LogP contribution is 2.34. The van der Waals surface area contributed by atoms with Crippen LogP contribution in [0.2, 0.25) is 0 Å². The van der Waals surface area contributed by atoms with Crippen molar-refractivity contribution < 1.29 is 28.6 Å². The van der Waals surface area contributed by atoms with Gasteiger partial charge in [-0.05, 0) is 92.8 Å². The molecule has 5 aliphatic rings. The summed E-state index contributed by atoms with van der Waals surface area (Å²) in [6.07, 6.45) is 5.19. The number of para-hydroxylation sites is 1. The Morgan fingerprint density at radius 3 is 2.29 bits per heavy atom. The molecule has 7 rings (SSSR count). The number of likely N-dealkylation sites (tertiary alicyclic amines) is 3.